The van der Waals surface area contributed by atoms with Gasteiger partial charge in [0, 0.05) is 13.1 Å². The lowest BCUT2D eigenvalue weighted by atomic mass is 10.4. The first-order valence-electron chi connectivity index (χ1n) is 3.29. The summed E-state index contributed by atoms with van der Waals surface area (Å²) in [6, 6.07) is 2.04. The molecule has 9 heavy (non-hydrogen) atoms. The topological polar surface area (TPSA) is 39.1 Å². The maximum Gasteiger partial charge on any atom is 0.0974 e. The van der Waals surface area contributed by atoms with E-state index in [4.69, 9.17) is 5.26 Å². The highest BCUT2D eigenvalue weighted by Gasteiger charge is 2.08. The molecule has 1 rings (SSSR count). The Morgan fingerprint density at radius 2 is 2.11 bits per heavy atom. The smallest absolute Gasteiger partial charge is 0.0974 e. The average Bonchev–Trinajstić information content (AvgIpc) is 2.34. The molecule has 0 saturated carbocycles. The predicted molar refractivity (Wildman–Crippen MR) is 34.4 cm³/mol. The summed E-state index contributed by atoms with van der Waals surface area (Å²) < 4.78 is 0. The number of rotatable bonds is 2. The molecule has 3 heteroatoms. The Balaban J connectivity index is 2.06. The molecule has 0 radical (unpaired) electrons. The van der Waals surface area contributed by atoms with Crippen LogP contribution in [0.2, 0.25) is 0 Å². The molecule has 3 nitrogen and oxygen atoms in total. The van der Waals surface area contributed by atoms with Gasteiger partial charge in [0.15, 0.2) is 0 Å². The minimum absolute atomic E-state index is 0.444. The van der Waals surface area contributed by atoms with E-state index in [-0.39, 0.29) is 0 Å². The molecule has 0 bridgehead atoms. The fourth-order valence-electron chi connectivity index (χ4n) is 1.02. The summed E-state index contributed by atoms with van der Waals surface area (Å²) >= 11 is 0. The van der Waals surface area contributed by atoms with Crippen molar-refractivity contribution in [3.05, 3.63) is 0 Å². The SMILES string of the molecule is N#CCNN1CCCC1. The van der Waals surface area contributed by atoms with Crippen LogP contribution in [0.4, 0.5) is 0 Å². The van der Waals surface area contributed by atoms with Crippen LogP contribution in [0.5, 0.6) is 0 Å². The second kappa shape index (κ2) is 3.44. The summed E-state index contributed by atoms with van der Waals surface area (Å²) in [7, 11) is 0. The van der Waals surface area contributed by atoms with Crippen molar-refractivity contribution in [1.82, 2.24) is 10.4 Å². The minimum atomic E-state index is 0.444. The van der Waals surface area contributed by atoms with Gasteiger partial charge in [-0.15, -0.1) is 0 Å². The van der Waals surface area contributed by atoms with Crippen LogP contribution < -0.4 is 5.43 Å². The molecular formula is C6H11N3. The summed E-state index contributed by atoms with van der Waals surface area (Å²) in [6.45, 7) is 2.64. The van der Waals surface area contributed by atoms with Gasteiger partial charge in [0.2, 0.25) is 0 Å². The fraction of sp³-hybridized carbons (Fsp3) is 0.833. The normalized spacial score (nSPS) is 19.9. The molecular weight excluding hydrogens is 114 g/mol. The third kappa shape index (κ3) is 2.00. The van der Waals surface area contributed by atoms with Gasteiger partial charge < -0.3 is 0 Å². The van der Waals surface area contributed by atoms with Crippen molar-refractivity contribution in [3.8, 4) is 6.07 Å². The van der Waals surface area contributed by atoms with Gasteiger partial charge in [-0.1, -0.05) is 0 Å². The third-order valence-electron chi connectivity index (χ3n) is 1.49. The quantitative estimate of drug-likeness (QED) is 0.532. The summed E-state index contributed by atoms with van der Waals surface area (Å²) in [5.74, 6) is 0. The lowest BCUT2D eigenvalue weighted by Gasteiger charge is -2.12. The third-order valence-corrected chi connectivity index (χ3v) is 1.49. The standard InChI is InChI=1S/C6H11N3/c7-3-4-8-9-5-1-2-6-9/h8H,1-2,4-6H2. The van der Waals surface area contributed by atoms with Crippen LogP contribution in [0.15, 0.2) is 0 Å². The van der Waals surface area contributed by atoms with E-state index in [1.54, 1.807) is 0 Å². The predicted octanol–water partition coefficient (Wildman–Crippen LogP) is 0.110. The zero-order valence-electron chi connectivity index (χ0n) is 5.43. The Hall–Kier alpha value is -0.590. The number of nitrogens with one attached hydrogen (secondary N) is 1. The zero-order chi connectivity index (χ0) is 6.53. The van der Waals surface area contributed by atoms with Gasteiger partial charge in [-0.25, -0.2) is 10.4 Å². The van der Waals surface area contributed by atoms with Crippen molar-refractivity contribution in [2.45, 2.75) is 12.8 Å². The second-order valence-electron chi connectivity index (χ2n) is 2.19. The molecule has 1 heterocycles. The molecule has 1 saturated heterocycles. The van der Waals surface area contributed by atoms with Crippen LogP contribution in [-0.2, 0) is 0 Å². The van der Waals surface area contributed by atoms with E-state index >= 15 is 0 Å². The summed E-state index contributed by atoms with van der Waals surface area (Å²) in [4.78, 5) is 0. The van der Waals surface area contributed by atoms with E-state index < -0.39 is 0 Å². The maximum atomic E-state index is 8.19. The Kier molecular flexibility index (Phi) is 2.49. The minimum Gasteiger partial charge on any atom is -0.243 e. The van der Waals surface area contributed by atoms with Crippen molar-refractivity contribution < 1.29 is 0 Å². The summed E-state index contributed by atoms with van der Waals surface area (Å²) in [5, 5.41) is 10.3. The maximum absolute atomic E-state index is 8.19. The van der Waals surface area contributed by atoms with E-state index in [1.165, 1.54) is 12.8 Å². The van der Waals surface area contributed by atoms with Crippen molar-refractivity contribution >= 4 is 0 Å². The van der Waals surface area contributed by atoms with Crippen molar-refractivity contribution in [2.75, 3.05) is 19.6 Å². The van der Waals surface area contributed by atoms with Crippen molar-refractivity contribution in [1.29, 1.82) is 5.26 Å². The monoisotopic (exact) mass is 125 g/mol. The van der Waals surface area contributed by atoms with Gasteiger partial charge in [0.25, 0.3) is 0 Å². The van der Waals surface area contributed by atoms with Gasteiger partial charge in [-0.2, -0.15) is 5.26 Å². The highest BCUT2D eigenvalue weighted by Crippen LogP contribution is 2.02. The van der Waals surface area contributed by atoms with E-state index in [9.17, 15) is 0 Å². The molecule has 0 atom stereocenters. The zero-order valence-corrected chi connectivity index (χ0v) is 5.43. The van der Waals surface area contributed by atoms with Gasteiger partial charge in [-0.3, -0.25) is 0 Å². The molecule has 0 aromatic heterocycles. The molecule has 1 N–H and O–H groups in total. The molecule has 50 valence electrons. The van der Waals surface area contributed by atoms with E-state index in [0.717, 1.165) is 13.1 Å². The Morgan fingerprint density at radius 3 is 2.67 bits per heavy atom. The molecule has 1 aliphatic rings. The van der Waals surface area contributed by atoms with Crippen molar-refractivity contribution in [3.63, 3.8) is 0 Å². The van der Waals surface area contributed by atoms with E-state index in [1.807, 2.05) is 6.07 Å². The number of hydrogen-bond donors (Lipinski definition) is 1. The van der Waals surface area contributed by atoms with Crippen LogP contribution in [0, 0.1) is 11.3 Å². The Morgan fingerprint density at radius 1 is 1.44 bits per heavy atom. The molecule has 0 aromatic rings. The van der Waals surface area contributed by atoms with E-state index in [2.05, 4.69) is 10.4 Å². The highest BCUT2D eigenvalue weighted by atomic mass is 15.5. The molecule has 1 aliphatic heterocycles. The summed E-state index contributed by atoms with van der Waals surface area (Å²) in [5.41, 5.74) is 3.00. The molecule has 0 unspecified atom stereocenters. The van der Waals surface area contributed by atoms with Gasteiger partial charge in [0.05, 0.1) is 12.6 Å². The second-order valence-corrected chi connectivity index (χ2v) is 2.19. The van der Waals surface area contributed by atoms with Gasteiger partial charge in [-0.05, 0) is 12.8 Å². The molecule has 0 amide bonds. The van der Waals surface area contributed by atoms with Crippen LogP contribution in [0.1, 0.15) is 12.8 Å². The van der Waals surface area contributed by atoms with Crippen LogP contribution in [-0.4, -0.2) is 24.6 Å². The molecule has 0 spiro atoms. The first-order valence-corrected chi connectivity index (χ1v) is 3.29. The lowest BCUT2D eigenvalue weighted by Crippen LogP contribution is -2.35. The molecule has 0 aliphatic carbocycles. The Bertz CT molecular complexity index is 110. The lowest BCUT2D eigenvalue weighted by molar-refractivity contribution is 0.250. The van der Waals surface area contributed by atoms with E-state index in [0.29, 0.717) is 6.54 Å². The molecule has 0 aromatic carbocycles. The fourth-order valence-corrected chi connectivity index (χ4v) is 1.02. The average molecular weight is 125 g/mol. The van der Waals surface area contributed by atoms with Crippen LogP contribution in [0.25, 0.3) is 0 Å². The molecule has 1 fully saturated rings. The van der Waals surface area contributed by atoms with Crippen LogP contribution >= 0.6 is 0 Å². The van der Waals surface area contributed by atoms with Gasteiger partial charge in [0.1, 0.15) is 0 Å². The first-order chi connectivity index (χ1) is 4.43. The van der Waals surface area contributed by atoms with Crippen LogP contribution in [0.3, 0.4) is 0 Å². The largest absolute Gasteiger partial charge is 0.243 e. The highest BCUT2D eigenvalue weighted by molar-refractivity contribution is 4.73. The van der Waals surface area contributed by atoms with Crippen molar-refractivity contribution in [2.24, 2.45) is 0 Å². The number of nitrogens with zero attached hydrogens (tertiary/aromatic N) is 2. The van der Waals surface area contributed by atoms with Gasteiger partial charge >= 0.3 is 0 Å². The first kappa shape index (κ1) is 6.53. The number of nitriles is 1. The number of hydrogen-bond acceptors (Lipinski definition) is 3. The summed E-state index contributed by atoms with van der Waals surface area (Å²) in [6.07, 6.45) is 2.52. The number of hydrazine groups is 1. The Labute approximate surface area is 55.2 Å².